The maximum Gasteiger partial charge on any atom is 0.407 e. The van der Waals surface area contributed by atoms with E-state index < -0.39 is 38.4 Å². The average Bonchev–Trinajstić information content (AvgIpc) is 3.14. The van der Waals surface area contributed by atoms with E-state index in [9.17, 15) is 18.0 Å². The highest BCUT2D eigenvalue weighted by atomic mass is 79.9. The molecule has 1 heterocycles. The predicted molar refractivity (Wildman–Crippen MR) is 121 cm³/mol. The van der Waals surface area contributed by atoms with Crippen molar-refractivity contribution >= 4 is 43.5 Å². The Balaban J connectivity index is 1.73. The van der Waals surface area contributed by atoms with Crippen LogP contribution in [0.25, 0.3) is 0 Å². The van der Waals surface area contributed by atoms with Gasteiger partial charge in [0.05, 0.1) is 0 Å². The molecule has 1 aromatic heterocycles. The molecule has 0 fully saturated rings. The van der Waals surface area contributed by atoms with Gasteiger partial charge in [-0.1, -0.05) is 27.4 Å². The molecule has 2 rings (SSSR count). The highest BCUT2D eigenvalue weighted by Gasteiger charge is 2.26. The molecule has 0 radical (unpaired) electrons. The van der Waals surface area contributed by atoms with Gasteiger partial charge in [0, 0.05) is 23.1 Å². The van der Waals surface area contributed by atoms with Gasteiger partial charge in [0.25, 0.3) is 0 Å². The fourth-order valence-corrected chi connectivity index (χ4v) is 3.71. The largest absolute Gasteiger partial charge is 0.444 e. The molecule has 0 aliphatic carbocycles. The minimum atomic E-state index is -4.05. The van der Waals surface area contributed by atoms with Gasteiger partial charge < -0.3 is 19.8 Å². The van der Waals surface area contributed by atoms with Gasteiger partial charge >= 0.3 is 11.3 Å². The summed E-state index contributed by atoms with van der Waals surface area (Å²) in [5.41, 5.74) is -0.0690. The molecular weight excluding hydrogens is 504 g/mol. The first kappa shape index (κ1) is 25.8. The summed E-state index contributed by atoms with van der Waals surface area (Å²) >= 11 is 3.28. The lowest BCUT2D eigenvalue weighted by atomic mass is 10.2. The van der Waals surface area contributed by atoms with E-state index in [1.165, 1.54) is 0 Å². The van der Waals surface area contributed by atoms with E-state index in [0.29, 0.717) is 25.1 Å². The molecule has 12 heteroatoms. The first-order valence-electron chi connectivity index (χ1n) is 10.0. The lowest BCUT2D eigenvalue weighted by Gasteiger charge is -2.19. The lowest BCUT2D eigenvalue weighted by Crippen LogP contribution is -2.32. The molecule has 2 amide bonds. The summed E-state index contributed by atoms with van der Waals surface area (Å²) in [6.07, 6.45) is 2.07. The molecule has 1 aromatic carbocycles. The van der Waals surface area contributed by atoms with Crippen LogP contribution in [-0.2, 0) is 25.8 Å². The van der Waals surface area contributed by atoms with Crippen LogP contribution >= 0.6 is 15.9 Å². The fourth-order valence-electron chi connectivity index (χ4n) is 2.51. The zero-order valence-corrected chi connectivity index (χ0v) is 20.6. The van der Waals surface area contributed by atoms with Crippen LogP contribution in [0.1, 0.15) is 45.9 Å². The molecule has 176 valence electrons. The van der Waals surface area contributed by atoms with Crippen molar-refractivity contribution in [2.24, 2.45) is 0 Å². The monoisotopic (exact) mass is 530 g/mol. The van der Waals surface area contributed by atoms with E-state index in [-0.39, 0.29) is 5.89 Å². The molecule has 0 saturated carbocycles. The minimum absolute atomic E-state index is 0.178. The summed E-state index contributed by atoms with van der Waals surface area (Å²) in [5, 5.41) is 11.9. The van der Waals surface area contributed by atoms with Crippen LogP contribution in [0.5, 0.6) is 0 Å². The van der Waals surface area contributed by atoms with Crippen molar-refractivity contribution in [3.63, 3.8) is 0 Å². The molecule has 0 spiro atoms. The normalized spacial score (nSPS) is 11.8. The topological polar surface area (TPSA) is 140 Å². The Bertz CT molecular complexity index is 1020. The van der Waals surface area contributed by atoms with Gasteiger partial charge in [-0.05, 0) is 57.9 Å². The summed E-state index contributed by atoms with van der Waals surface area (Å²) in [5.74, 6) is -1.33. The number of aromatic nitrogens is 2. The molecule has 10 nitrogen and oxygen atoms in total. The first-order chi connectivity index (χ1) is 14.9. The number of benzene rings is 1. The molecule has 2 aromatic rings. The number of sulfone groups is 1. The van der Waals surface area contributed by atoms with Crippen LogP contribution in [0.3, 0.4) is 0 Å². The number of nitrogens with one attached hydrogen (secondary N) is 2. The Morgan fingerprint density at radius 1 is 1.09 bits per heavy atom. The quantitative estimate of drug-likeness (QED) is 0.444. The maximum atomic E-state index is 12.4. The summed E-state index contributed by atoms with van der Waals surface area (Å²) in [7, 11) is -4.05. The smallest absolute Gasteiger partial charge is 0.407 e. The number of hydrogen-bond donors (Lipinski definition) is 2. The molecule has 0 aliphatic rings. The number of carbonyl (C=O) groups is 2. The van der Waals surface area contributed by atoms with E-state index in [1.54, 1.807) is 45.0 Å². The van der Waals surface area contributed by atoms with Crippen LogP contribution in [0.15, 0.2) is 38.4 Å². The number of hydrogen-bond acceptors (Lipinski definition) is 8. The second-order valence-electron chi connectivity index (χ2n) is 8.02. The second-order valence-corrected chi connectivity index (χ2v) is 10.8. The van der Waals surface area contributed by atoms with Gasteiger partial charge in [-0.15, -0.1) is 5.10 Å². The highest BCUT2D eigenvalue weighted by Crippen LogP contribution is 2.16. The van der Waals surface area contributed by atoms with Gasteiger partial charge in [0.1, 0.15) is 11.4 Å². The highest BCUT2D eigenvalue weighted by molar-refractivity contribution is 9.10. The molecule has 0 aliphatic heterocycles. The molecule has 0 atom stereocenters. The number of ether oxygens (including phenoxy) is 1. The SMILES string of the molecule is CC(C)(C)OC(=O)NCCCCCc1nnc(S(=O)(=O)CC(=O)Nc2ccc(Br)cc2)o1. The van der Waals surface area contributed by atoms with E-state index in [4.69, 9.17) is 9.15 Å². The number of amides is 2. The van der Waals surface area contributed by atoms with Crippen molar-refractivity contribution < 1.29 is 27.2 Å². The summed E-state index contributed by atoms with van der Waals surface area (Å²) in [4.78, 5) is 23.6. The zero-order chi connectivity index (χ0) is 23.8. The number of carbonyl (C=O) groups excluding carboxylic acids is 2. The standard InChI is InChI=1S/C20H27BrN4O6S/c1-20(2,3)31-18(27)22-12-6-4-5-7-17-24-25-19(30-17)32(28,29)13-16(26)23-15-10-8-14(21)9-11-15/h8-11H,4-7,12-13H2,1-3H3,(H,22,27)(H,23,26). The van der Waals surface area contributed by atoms with E-state index in [0.717, 1.165) is 17.3 Å². The minimum Gasteiger partial charge on any atom is -0.444 e. The van der Waals surface area contributed by atoms with Gasteiger partial charge in [-0.3, -0.25) is 4.79 Å². The lowest BCUT2D eigenvalue weighted by molar-refractivity contribution is -0.113. The van der Waals surface area contributed by atoms with Crippen molar-refractivity contribution in [2.75, 3.05) is 17.6 Å². The third-order valence-electron chi connectivity index (χ3n) is 3.90. The van der Waals surface area contributed by atoms with Crippen molar-refractivity contribution in [2.45, 2.75) is 57.3 Å². The van der Waals surface area contributed by atoms with Crippen LogP contribution in [0.4, 0.5) is 10.5 Å². The second kappa shape index (κ2) is 11.4. The van der Waals surface area contributed by atoms with Crippen LogP contribution in [0, 0.1) is 0 Å². The number of nitrogens with zero attached hydrogens (tertiary/aromatic N) is 2. The van der Waals surface area contributed by atoms with Crippen molar-refractivity contribution in [3.8, 4) is 0 Å². The average molecular weight is 531 g/mol. The van der Waals surface area contributed by atoms with Crippen molar-refractivity contribution in [1.82, 2.24) is 15.5 Å². The van der Waals surface area contributed by atoms with Gasteiger partial charge in [-0.25, -0.2) is 13.2 Å². The third kappa shape index (κ3) is 9.35. The van der Waals surface area contributed by atoms with Gasteiger partial charge in [0.2, 0.25) is 21.6 Å². The van der Waals surface area contributed by atoms with E-state index >= 15 is 0 Å². The Labute approximate surface area is 195 Å². The predicted octanol–water partition coefficient (Wildman–Crippen LogP) is 3.48. The zero-order valence-electron chi connectivity index (χ0n) is 18.2. The number of aryl methyl sites for hydroxylation is 1. The summed E-state index contributed by atoms with van der Waals surface area (Å²) in [6.45, 7) is 5.84. The van der Waals surface area contributed by atoms with Gasteiger partial charge in [0.15, 0.2) is 0 Å². The van der Waals surface area contributed by atoms with Crippen molar-refractivity contribution in [1.29, 1.82) is 0 Å². The Hall–Kier alpha value is -2.47. The molecule has 2 N–H and O–H groups in total. The van der Waals surface area contributed by atoms with E-state index in [2.05, 4.69) is 36.8 Å². The molecule has 0 saturated heterocycles. The Morgan fingerprint density at radius 2 is 1.78 bits per heavy atom. The Morgan fingerprint density at radius 3 is 2.44 bits per heavy atom. The van der Waals surface area contributed by atoms with E-state index in [1.807, 2.05) is 0 Å². The third-order valence-corrected chi connectivity index (χ3v) is 5.77. The Kier molecular flexibility index (Phi) is 9.20. The number of alkyl carbamates (subject to hydrolysis) is 1. The molecule has 0 bridgehead atoms. The number of halogens is 1. The molecule has 0 unspecified atom stereocenters. The van der Waals surface area contributed by atoms with Crippen LogP contribution < -0.4 is 10.6 Å². The number of rotatable bonds is 10. The molecule has 32 heavy (non-hydrogen) atoms. The first-order valence-corrected chi connectivity index (χ1v) is 12.5. The fraction of sp³-hybridized carbons (Fsp3) is 0.500. The number of anilines is 1. The van der Waals surface area contributed by atoms with Crippen LogP contribution in [0.2, 0.25) is 0 Å². The maximum absolute atomic E-state index is 12.4. The van der Waals surface area contributed by atoms with Crippen LogP contribution in [-0.4, -0.2) is 48.5 Å². The van der Waals surface area contributed by atoms with Gasteiger partial charge in [-0.2, -0.15) is 0 Å². The number of unbranched alkanes of at least 4 members (excludes halogenated alkanes) is 2. The molecular formula is C20H27BrN4O6S. The summed E-state index contributed by atoms with van der Waals surface area (Å²) < 4.78 is 35.9. The van der Waals surface area contributed by atoms with Crippen molar-refractivity contribution in [3.05, 3.63) is 34.6 Å². The summed E-state index contributed by atoms with van der Waals surface area (Å²) in [6, 6.07) is 6.73.